The van der Waals surface area contributed by atoms with E-state index in [1.165, 1.54) is 19.2 Å². The summed E-state index contributed by atoms with van der Waals surface area (Å²) in [6.07, 6.45) is 0. The predicted molar refractivity (Wildman–Crippen MR) is 118 cm³/mol. The van der Waals surface area contributed by atoms with Crippen molar-refractivity contribution in [1.82, 2.24) is 5.32 Å². The fraction of sp³-hybridized carbons (Fsp3) is 0.208. The Morgan fingerprint density at radius 3 is 2.06 bits per heavy atom. The number of carbonyl (C=O) groups excluding carboxylic acids is 1. The molecule has 0 saturated heterocycles. The molecular formula is C24H24N2O5. The highest BCUT2D eigenvalue weighted by Gasteiger charge is 2.25. The van der Waals surface area contributed by atoms with Gasteiger partial charge in [0.1, 0.15) is 5.56 Å². The molecule has 3 aromatic carbocycles. The lowest BCUT2D eigenvalue weighted by molar-refractivity contribution is -0.385. The number of methoxy groups -OCH3 is 1. The lowest BCUT2D eigenvalue weighted by Gasteiger charge is -2.19. The van der Waals surface area contributed by atoms with E-state index in [0.29, 0.717) is 6.61 Å². The second-order valence-corrected chi connectivity index (χ2v) is 6.79. The summed E-state index contributed by atoms with van der Waals surface area (Å²) in [4.78, 5) is 24.0. The van der Waals surface area contributed by atoms with Gasteiger partial charge in [0.25, 0.3) is 11.6 Å². The highest BCUT2D eigenvalue weighted by molar-refractivity contribution is 5.99. The van der Waals surface area contributed by atoms with Gasteiger partial charge in [-0.1, -0.05) is 60.7 Å². The molecule has 0 spiro atoms. The highest BCUT2D eigenvalue weighted by Crippen LogP contribution is 2.35. The SMILES string of the molecule is CCOc1cc([N+](=O)[O-])c(C(=O)NCC(c2ccccc2)c2ccccc2)cc1OC. The smallest absolute Gasteiger partial charge is 0.286 e. The number of rotatable bonds is 9. The Morgan fingerprint density at radius 1 is 1.00 bits per heavy atom. The zero-order chi connectivity index (χ0) is 22.2. The van der Waals surface area contributed by atoms with E-state index in [1.807, 2.05) is 60.7 Å². The van der Waals surface area contributed by atoms with E-state index < -0.39 is 10.8 Å². The molecule has 3 rings (SSSR count). The molecule has 0 radical (unpaired) electrons. The number of amides is 1. The number of nitro groups is 1. The summed E-state index contributed by atoms with van der Waals surface area (Å²) in [5.41, 5.74) is 1.66. The first kappa shape index (κ1) is 21.8. The van der Waals surface area contributed by atoms with Crippen LogP contribution in [0.15, 0.2) is 72.8 Å². The number of nitro benzene ring substituents is 1. The summed E-state index contributed by atoms with van der Waals surface area (Å²) in [5, 5.41) is 14.4. The first-order chi connectivity index (χ1) is 15.0. The van der Waals surface area contributed by atoms with Gasteiger partial charge in [-0.15, -0.1) is 0 Å². The lowest BCUT2D eigenvalue weighted by Crippen LogP contribution is -2.29. The molecule has 1 N–H and O–H groups in total. The fourth-order valence-corrected chi connectivity index (χ4v) is 3.40. The van der Waals surface area contributed by atoms with Gasteiger partial charge in [-0.2, -0.15) is 0 Å². The van der Waals surface area contributed by atoms with Crippen LogP contribution in [0.1, 0.15) is 34.3 Å². The molecule has 0 heterocycles. The summed E-state index contributed by atoms with van der Waals surface area (Å²) in [7, 11) is 1.42. The maximum atomic E-state index is 13.0. The van der Waals surface area contributed by atoms with Crippen molar-refractivity contribution < 1.29 is 19.2 Å². The van der Waals surface area contributed by atoms with E-state index >= 15 is 0 Å². The summed E-state index contributed by atoms with van der Waals surface area (Å²) in [6.45, 7) is 2.35. The van der Waals surface area contributed by atoms with Gasteiger partial charge in [-0.25, -0.2) is 0 Å². The molecule has 3 aromatic rings. The van der Waals surface area contributed by atoms with Crippen molar-refractivity contribution in [3.05, 3.63) is 99.6 Å². The Morgan fingerprint density at radius 2 is 1.58 bits per heavy atom. The summed E-state index contributed by atoms with van der Waals surface area (Å²) < 4.78 is 10.7. The second kappa shape index (κ2) is 10.2. The van der Waals surface area contributed by atoms with Crippen LogP contribution in [0.4, 0.5) is 5.69 Å². The van der Waals surface area contributed by atoms with Crippen LogP contribution in [0.3, 0.4) is 0 Å². The van der Waals surface area contributed by atoms with Crippen LogP contribution in [-0.2, 0) is 0 Å². The molecule has 0 unspecified atom stereocenters. The Labute approximate surface area is 180 Å². The van der Waals surface area contributed by atoms with Crippen molar-refractivity contribution >= 4 is 11.6 Å². The number of ether oxygens (including phenoxy) is 2. The van der Waals surface area contributed by atoms with Crippen molar-refractivity contribution in [2.75, 3.05) is 20.3 Å². The Hall–Kier alpha value is -3.87. The largest absolute Gasteiger partial charge is 0.493 e. The van der Waals surface area contributed by atoms with E-state index in [2.05, 4.69) is 5.32 Å². The molecule has 0 fully saturated rings. The molecule has 1 amide bonds. The van der Waals surface area contributed by atoms with E-state index in [-0.39, 0.29) is 35.2 Å². The Bertz CT molecular complexity index is 999. The Balaban J connectivity index is 1.90. The zero-order valence-electron chi connectivity index (χ0n) is 17.4. The average molecular weight is 420 g/mol. The molecule has 0 aromatic heterocycles. The monoisotopic (exact) mass is 420 g/mol. The molecule has 0 bridgehead atoms. The van der Waals surface area contributed by atoms with Crippen LogP contribution >= 0.6 is 0 Å². The predicted octanol–water partition coefficient (Wildman–Crippen LogP) is 4.56. The van der Waals surface area contributed by atoms with Gasteiger partial charge in [0.15, 0.2) is 11.5 Å². The van der Waals surface area contributed by atoms with Gasteiger partial charge in [0.05, 0.1) is 24.7 Å². The molecule has 0 aliphatic heterocycles. The third-order valence-electron chi connectivity index (χ3n) is 4.89. The molecule has 0 atom stereocenters. The minimum absolute atomic E-state index is 0.0785. The van der Waals surface area contributed by atoms with Gasteiger partial charge in [0, 0.05) is 18.5 Å². The van der Waals surface area contributed by atoms with E-state index in [0.717, 1.165) is 11.1 Å². The van der Waals surface area contributed by atoms with Crippen LogP contribution in [0.2, 0.25) is 0 Å². The molecule has 0 aliphatic rings. The van der Waals surface area contributed by atoms with Gasteiger partial charge in [-0.3, -0.25) is 14.9 Å². The number of benzene rings is 3. The van der Waals surface area contributed by atoms with E-state index in [4.69, 9.17) is 9.47 Å². The van der Waals surface area contributed by atoms with E-state index in [1.54, 1.807) is 6.92 Å². The standard InChI is InChI=1S/C24H24N2O5/c1-3-31-23-15-21(26(28)29)19(14-22(23)30-2)24(27)25-16-20(17-10-6-4-7-11-17)18-12-8-5-9-13-18/h4-15,20H,3,16H2,1-2H3,(H,25,27). The zero-order valence-corrected chi connectivity index (χ0v) is 17.4. The van der Waals surface area contributed by atoms with Crippen LogP contribution in [0, 0.1) is 10.1 Å². The maximum Gasteiger partial charge on any atom is 0.286 e. The minimum atomic E-state index is -0.594. The number of nitrogens with zero attached hydrogens (tertiary/aromatic N) is 1. The number of carbonyl (C=O) groups is 1. The summed E-state index contributed by atoms with van der Waals surface area (Å²) in [5.74, 6) is -0.167. The second-order valence-electron chi connectivity index (χ2n) is 6.79. The maximum absolute atomic E-state index is 13.0. The summed E-state index contributed by atoms with van der Waals surface area (Å²) in [6, 6.07) is 22.2. The van der Waals surface area contributed by atoms with Gasteiger partial charge in [0.2, 0.25) is 0 Å². The quantitative estimate of drug-likeness (QED) is 0.405. The molecule has 31 heavy (non-hydrogen) atoms. The van der Waals surface area contributed by atoms with E-state index in [9.17, 15) is 14.9 Å². The van der Waals surface area contributed by atoms with Crippen molar-refractivity contribution in [1.29, 1.82) is 0 Å². The number of nitrogens with one attached hydrogen (secondary N) is 1. The topological polar surface area (TPSA) is 90.7 Å². The molecule has 160 valence electrons. The van der Waals surface area contributed by atoms with Crippen molar-refractivity contribution in [3.63, 3.8) is 0 Å². The van der Waals surface area contributed by atoms with Crippen molar-refractivity contribution in [2.24, 2.45) is 0 Å². The number of hydrogen-bond acceptors (Lipinski definition) is 5. The molecular weight excluding hydrogens is 396 g/mol. The van der Waals surface area contributed by atoms with Crippen LogP contribution in [0.5, 0.6) is 11.5 Å². The average Bonchev–Trinajstić information content (AvgIpc) is 2.80. The van der Waals surface area contributed by atoms with Crippen molar-refractivity contribution in [2.45, 2.75) is 12.8 Å². The van der Waals surface area contributed by atoms with Gasteiger partial charge in [-0.05, 0) is 18.1 Å². The minimum Gasteiger partial charge on any atom is -0.493 e. The third-order valence-corrected chi connectivity index (χ3v) is 4.89. The fourth-order valence-electron chi connectivity index (χ4n) is 3.40. The molecule has 0 aliphatic carbocycles. The van der Waals surface area contributed by atoms with Crippen LogP contribution < -0.4 is 14.8 Å². The normalized spacial score (nSPS) is 10.5. The lowest BCUT2D eigenvalue weighted by atomic mass is 9.91. The first-order valence-corrected chi connectivity index (χ1v) is 9.92. The molecule has 7 heteroatoms. The van der Waals surface area contributed by atoms with Crippen LogP contribution in [-0.4, -0.2) is 31.1 Å². The highest BCUT2D eigenvalue weighted by atomic mass is 16.6. The number of hydrogen-bond donors (Lipinski definition) is 1. The Kier molecular flexibility index (Phi) is 7.22. The first-order valence-electron chi connectivity index (χ1n) is 9.92. The molecule has 0 saturated carbocycles. The van der Waals surface area contributed by atoms with Crippen LogP contribution in [0.25, 0.3) is 0 Å². The third kappa shape index (κ3) is 5.19. The van der Waals surface area contributed by atoms with Gasteiger partial charge >= 0.3 is 0 Å². The summed E-state index contributed by atoms with van der Waals surface area (Å²) >= 11 is 0. The molecule has 7 nitrogen and oxygen atoms in total. The van der Waals surface area contributed by atoms with Crippen molar-refractivity contribution in [3.8, 4) is 11.5 Å². The van der Waals surface area contributed by atoms with Gasteiger partial charge < -0.3 is 14.8 Å².